The Morgan fingerprint density at radius 2 is 1.33 bits per heavy atom. The van der Waals surface area contributed by atoms with E-state index in [1.165, 1.54) is 0 Å². The molecule has 0 spiro atoms. The molecule has 0 amide bonds. The second-order valence-electron chi connectivity index (χ2n) is 0. The molecule has 0 heterocycles. The topological polar surface area (TPSA) is 68.8 Å². The summed E-state index contributed by atoms with van der Waals surface area (Å²) in [6.45, 7) is 3.25. The van der Waals surface area contributed by atoms with Gasteiger partial charge in [-0.25, -0.2) is 7.11 Å². The molecule has 0 aliphatic heterocycles. The van der Waals surface area contributed by atoms with Gasteiger partial charge < -0.3 is 15.4 Å². The summed E-state index contributed by atoms with van der Waals surface area (Å²) < 4.78 is 0. The number of hydrogen-bond acceptors (Lipinski definition) is 2. The number of rotatable bonds is 0. The Morgan fingerprint density at radius 3 is 1.33 bits per heavy atom. The van der Waals surface area contributed by atoms with Crippen molar-refractivity contribution >= 4 is 6.79 Å². The van der Waals surface area contributed by atoms with Gasteiger partial charge in [-0.1, -0.05) is 0 Å². The molecule has 0 unspecified atom stereocenters. The first-order valence-corrected chi connectivity index (χ1v) is 0.552. The minimum Gasteiger partial charge on any atom is -0.569 e. The smallest absolute Gasteiger partial charge is 0 e. The summed E-state index contributed by atoms with van der Waals surface area (Å²) in [7, 11) is 2.25. The van der Waals surface area contributed by atoms with Crippen LogP contribution in [0.15, 0.2) is 0 Å². The van der Waals surface area contributed by atoms with Crippen molar-refractivity contribution in [2.24, 2.45) is 0 Å². The Hall–Kier alpha value is 0.694. The molecule has 0 fully saturated rings. The first-order valence-electron chi connectivity index (χ1n) is 0.552. The van der Waals surface area contributed by atoms with Gasteiger partial charge in [0.1, 0.15) is 0 Å². The predicted octanol–water partition coefficient (Wildman–Crippen LogP) is -0.951. The molecule has 0 aliphatic carbocycles. The van der Waals surface area contributed by atoms with Crippen molar-refractivity contribution in [3.63, 3.8) is 0 Å². The van der Waals surface area contributed by atoms with E-state index in [4.69, 9.17) is 9.90 Å². The van der Waals surface area contributed by atoms with Crippen LogP contribution in [-0.2, 0) is 37.5 Å². The summed E-state index contributed by atoms with van der Waals surface area (Å²) in [5.41, 5.74) is 0. The van der Waals surface area contributed by atoms with Crippen LogP contribution in [0.5, 0.6) is 0 Å². The van der Waals surface area contributed by atoms with Gasteiger partial charge in [0.05, 0.1) is 0 Å². The van der Waals surface area contributed by atoms with Crippen molar-refractivity contribution in [2.45, 2.75) is 0 Å². The van der Waals surface area contributed by atoms with Crippen LogP contribution in [0.4, 0.5) is 0 Å². The molecule has 3 nitrogen and oxygen atoms in total. The number of carbonyl (C=O) groups excluding carboxylic acids is 1. The normalized spacial score (nSPS) is 1.67. The van der Waals surface area contributed by atoms with Crippen molar-refractivity contribution in [3.05, 3.63) is 7.11 Å². The van der Waals surface area contributed by atoms with E-state index in [0.717, 1.165) is 0 Å². The number of aliphatic hydroxyl groups is 1. The average molecular weight is 167 g/mol. The van der Waals surface area contributed by atoms with Crippen LogP contribution < -0.4 is 0 Å². The van der Waals surface area contributed by atoms with Gasteiger partial charge in [0.25, 0.3) is 0 Å². The van der Waals surface area contributed by atoms with Gasteiger partial charge in [-0.05, 0) is 0 Å². The van der Waals surface area contributed by atoms with Crippen LogP contribution in [0.25, 0.3) is 0 Å². The summed E-state index contributed by atoms with van der Waals surface area (Å²) in [4.78, 5) is 7.75. The maximum absolute atomic E-state index is 7.75. The largest absolute Gasteiger partial charge is 0.569 e. The van der Waals surface area contributed by atoms with E-state index in [0.29, 0.717) is 0 Å². The molecule has 0 bridgehead atoms. The molecular formula is C2H6O3Y-2. The van der Waals surface area contributed by atoms with Gasteiger partial charge >= 0.3 is 0 Å². The van der Waals surface area contributed by atoms with E-state index in [1.54, 1.807) is 0 Å². The van der Waals surface area contributed by atoms with Gasteiger partial charge in [-0.2, -0.15) is 0 Å². The Labute approximate surface area is 61.9 Å². The Balaban J connectivity index is -0.00000000500. The van der Waals surface area contributed by atoms with E-state index >= 15 is 0 Å². The number of aliphatic hydroxyl groups excluding tert-OH is 1. The minimum absolute atomic E-state index is 0. The molecule has 4 heteroatoms. The third kappa shape index (κ3) is 133. The molecule has 0 aromatic rings. The van der Waals surface area contributed by atoms with Gasteiger partial charge in [-0.3, -0.25) is 6.79 Å². The zero-order chi connectivity index (χ0) is 4.00. The van der Waals surface area contributed by atoms with E-state index in [1.807, 2.05) is 0 Å². The second-order valence-corrected chi connectivity index (χ2v) is 0. The quantitative estimate of drug-likeness (QED) is 0.373. The van der Waals surface area contributed by atoms with E-state index < -0.39 is 0 Å². The molecular weight excluding hydrogens is 161 g/mol. The van der Waals surface area contributed by atoms with E-state index in [9.17, 15) is 0 Å². The first kappa shape index (κ1) is 29.9. The van der Waals surface area contributed by atoms with Crippen LogP contribution in [-0.4, -0.2) is 17.4 Å². The van der Waals surface area contributed by atoms with Gasteiger partial charge in [-0.15, -0.1) is 0 Å². The fourth-order valence-corrected chi connectivity index (χ4v) is 0. The van der Waals surface area contributed by atoms with Crippen LogP contribution in [0.3, 0.4) is 0 Å². The minimum atomic E-state index is 0. The first-order chi connectivity index (χ1) is 2.00. The Bertz CT molecular complexity index is 8.75. The molecule has 3 N–H and O–H groups in total. The summed E-state index contributed by atoms with van der Waals surface area (Å²) in [6.07, 6.45) is 0. The summed E-state index contributed by atoms with van der Waals surface area (Å²) in [5.74, 6) is 0. The van der Waals surface area contributed by atoms with Crippen LogP contribution in [0, 0.1) is 7.11 Å². The van der Waals surface area contributed by atoms with Gasteiger partial charge in [0.15, 0.2) is 0 Å². The molecule has 0 atom stereocenters. The van der Waals surface area contributed by atoms with E-state index in [2.05, 4.69) is 13.9 Å². The maximum Gasteiger partial charge on any atom is 0 e. The molecule has 0 rings (SSSR count). The SMILES string of the molecule is O.[CH-]=O.[CH2-]O.[Y]. The van der Waals surface area contributed by atoms with Crippen LogP contribution in [0.2, 0.25) is 0 Å². The Morgan fingerprint density at radius 1 is 1.33 bits per heavy atom. The van der Waals surface area contributed by atoms with E-state index in [-0.39, 0.29) is 38.2 Å². The zero-order valence-electron chi connectivity index (χ0n) is 3.22. The molecule has 6 heavy (non-hydrogen) atoms. The van der Waals surface area contributed by atoms with Crippen molar-refractivity contribution < 1.29 is 48.1 Å². The fourth-order valence-electron chi connectivity index (χ4n) is 0. The zero-order valence-corrected chi connectivity index (χ0v) is 6.06. The average Bonchev–Trinajstić information content (AvgIpc) is 1.50. The standard InChI is InChI=1S/CH3O.CHO.H2O.Y/c2*1-2;;/h2H,1H2;1H;1H2;/q2*-1;;. The molecule has 1 radical (unpaired) electrons. The predicted molar refractivity (Wildman–Crippen MR) is 17.7 cm³/mol. The second kappa shape index (κ2) is 261. The van der Waals surface area contributed by atoms with Crippen LogP contribution >= 0.6 is 0 Å². The molecule has 0 aliphatic rings. The third-order valence-corrected chi connectivity index (χ3v) is 0. The number of hydrogen-bond donors (Lipinski definition) is 1. The Kier molecular flexibility index (Phi) is 1300. The maximum atomic E-state index is 7.75. The monoisotopic (exact) mass is 167 g/mol. The van der Waals surface area contributed by atoms with Crippen molar-refractivity contribution in [3.8, 4) is 0 Å². The van der Waals surface area contributed by atoms with Gasteiger partial charge in [0, 0.05) is 32.7 Å². The molecule has 0 saturated carbocycles. The molecule has 37 valence electrons. The van der Waals surface area contributed by atoms with Crippen LogP contribution in [0.1, 0.15) is 0 Å². The van der Waals surface area contributed by atoms with Crippen molar-refractivity contribution in [1.29, 1.82) is 0 Å². The summed E-state index contributed by atoms with van der Waals surface area (Å²) >= 11 is 0. The van der Waals surface area contributed by atoms with Crippen molar-refractivity contribution in [1.82, 2.24) is 0 Å². The third-order valence-electron chi connectivity index (χ3n) is 0. The molecule has 0 aromatic carbocycles. The van der Waals surface area contributed by atoms with Crippen molar-refractivity contribution in [2.75, 3.05) is 0 Å². The molecule has 0 saturated heterocycles. The summed E-state index contributed by atoms with van der Waals surface area (Å²) in [6, 6.07) is 0. The summed E-state index contributed by atoms with van der Waals surface area (Å²) in [5, 5.41) is 6.75. The molecule has 0 aromatic heterocycles. The fraction of sp³-hybridized carbons (Fsp3) is 0. The van der Waals surface area contributed by atoms with Gasteiger partial charge in [0.2, 0.25) is 0 Å².